The molecule has 0 fully saturated rings. The van der Waals surface area contributed by atoms with Crippen LogP contribution in [0.4, 0.5) is 0 Å². The third-order valence-corrected chi connectivity index (χ3v) is 0.548. The van der Waals surface area contributed by atoms with Crippen LogP contribution in [0, 0.1) is 0 Å². The number of quaternary nitrogens is 1. The van der Waals surface area contributed by atoms with Gasteiger partial charge < -0.3 is 0 Å². The van der Waals surface area contributed by atoms with Gasteiger partial charge in [-0.05, 0) is 11.0 Å². The maximum absolute atomic E-state index is 4.88. The molecule has 3 heteroatoms. The zero-order valence-corrected chi connectivity index (χ0v) is 4.86. The molecule has 0 heterocycles. The fourth-order valence-electron chi connectivity index (χ4n) is 0. The zero-order chi connectivity index (χ0) is 5.21. The largest absolute Gasteiger partial charge is 0.207 e. The van der Waals surface area contributed by atoms with E-state index >= 15 is 0 Å². The lowest BCUT2D eigenvalue weighted by Crippen LogP contribution is -2.32. The van der Waals surface area contributed by atoms with Gasteiger partial charge in [-0.3, -0.25) is 0 Å². The molecule has 0 bridgehead atoms. The molecule has 0 rings (SSSR count). The highest BCUT2D eigenvalue weighted by Crippen LogP contribution is 1.84. The molecule has 0 unspecified atom stereocenters. The normalized spacial score (nSPS) is 10.3. The summed E-state index contributed by atoms with van der Waals surface area (Å²) in [6, 6.07) is 0. The molecular weight excluding hydrogens is 106 g/mol. The van der Waals surface area contributed by atoms with Crippen molar-refractivity contribution in [1.82, 2.24) is 0 Å². The van der Waals surface area contributed by atoms with Gasteiger partial charge in [0, 0.05) is 0 Å². The number of nitrogens with zero attached hydrogens (tertiary/aromatic N) is 1. The van der Waals surface area contributed by atoms with E-state index in [4.69, 9.17) is 4.84 Å². The Hall–Kier alpha value is 0.137. The van der Waals surface area contributed by atoms with E-state index in [1.54, 1.807) is 7.11 Å². The van der Waals surface area contributed by atoms with Crippen LogP contribution in [0.15, 0.2) is 0 Å². The molecule has 7 heavy (non-hydrogen) atoms. The van der Waals surface area contributed by atoms with Crippen molar-refractivity contribution in [3.05, 3.63) is 0 Å². The Labute approximate surface area is 49.6 Å². The van der Waals surface area contributed by atoms with Crippen molar-refractivity contribution in [3.63, 3.8) is 0 Å². The van der Waals surface area contributed by atoms with Crippen LogP contribution < -0.4 is 0 Å². The molecule has 0 aliphatic carbocycles. The van der Waals surface area contributed by atoms with Crippen molar-refractivity contribution >= 4 is 11.0 Å². The molecule has 0 atom stereocenters. The number of hydrogen-bond donors (Lipinski definition) is 0. The molecule has 0 saturated carbocycles. The van der Waals surface area contributed by atoms with E-state index in [9.17, 15) is 0 Å². The van der Waals surface area contributed by atoms with E-state index < -0.39 is 0 Å². The number of hydroxylamine groups is 3. The van der Waals surface area contributed by atoms with Crippen molar-refractivity contribution in [2.75, 3.05) is 28.3 Å². The fraction of sp³-hybridized carbons (Fsp3) is 1.00. The van der Waals surface area contributed by atoms with E-state index in [1.165, 1.54) is 0 Å². The second-order valence-corrected chi connectivity index (χ2v) is 2.07. The highest BCUT2D eigenvalue weighted by Gasteiger charge is 2.00. The van der Waals surface area contributed by atoms with Crippen LogP contribution in [0.5, 0.6) is 0 Å². The third-order valence-electron chi connectivity index (χ3n) is 0.548. The van der Waals surface area contributed by atoms with Crippen LogP contribution in [-0.4, -0.2) is 43.9 Å². The zero-order valence-electron chi connectivity index (χ0n) is 4.86. The lowest BCUT2D eigenvalue weighted by Gasteiger charge is -2.17. The number of rotatable bonds is 1. The summed E-state index contributed by atoms with van der Waals surface area (Å²) >= 11 is 0. The van der Waals surface area contributed by atoms with Crippen LogP contribution in [0.1, 0.15) is 0 Å². The summed E-state index contributed by atoms with van der Waals surface area (Å²) in [5, 5.41) is 0. The predicted molar refractivity (Wildman–Crippen MR) is 36.4 cm³/mol. The molecular formula is C4H16NOSi+. The van der Waals surface area contributed by atoms with Gasteiger partial charge >= 0.3 is 0 Å². The minimum Gasteiger partial charge on any atom is -0.207 e. The van der Waals surface area contributed by atoms with Crippen molar-refractivity contribution in [2.45, 2.75) is 0 Å². The van der Waals surface area contributed by atoms with Crippen molar-refractivity contribution < 1.29 is 9.48 Å². The summed E-state index contributed by atoms with van der Waals surface area (Å²) in [4.78, 5) is 4.88. The number of hydrogen-bond acceptors (Lipinski definition) is 1. The molecule has 0 aliphatic rings. The van der Waals surface area contributed by atoms with Gasteiger partial charge in [-0.25, -0.2) is 4.84 Å². The van der Waals surface area contributed by atoms with Gasteiger partial charge in [0.25, 0.3) is 0 Å². The Balaban J connectivity index is 0. The van der Waals surface area contributed by atoms with Crippen LogP contribution in [0.3, 0.4) is 0 Å². The maximum atomic E-state index is 4.88. The molecule has 46 valence electrons. The Kier molecular flexibility index (Phi) is 4.63. The van der Waals surface area contributed by atoms with Crippen LogP contribution in [0.25, 0.3) is 0 Å². The summed E-state index contributed by atoms with van der Waals surface area (Å²) in [6.07, 6.45) is 0. The van der Waals surface area contributed by atoms with Gasteiger partial charge in [0.15, 0.2) is 0 Å². The van der Waals surface area contributed by atoms with E-state index in [1.807, 2.05) is 21.1 Å². The smallest absolute Gasteiger partial charge is 0.0981 e. The van der Waals surface area contributed by atoms with Crippen LogP contribution in [0.2, 0.25) is 0 Å². The summed E-state index contributed by atoms with van der Waals surface area (Å²) < 4.78 is 0.569. The van der Waals surface area contributed by atoms with Crippen molar-refractivity contribution in [1.29, 1.82) is 0 Å². The monoisotopic (exact) mass is 122 g/mol. The van der Waals surface area contributed by atoms with E-state index in [2.05, 4.69) is 0 Å². The lowest BCUT2D eigenvalue weighted by molar-refractivity contribution is -1.06. The summed E-state index contributed by atoms with van der Waals surface area (Å²) in [5.74, 6) is 0. The van der Waals surface area contributed by atoms with Gasteiger partial charge in [0.05, 0.1) is 28.3 Å². The predicted octanol–water partition coefficient (Wildman–Crippen LogP) is -1.20. The minimum atomic E-state index is 0. The van der Waals surface area contributed by atoms with Gasteiger partial charge in [-0.1, -0.05) is 0 Å². The Bertz CT molecular complexity index is 41.4. The molecule has 0 radical (unpaired) electrons. The topological polar surface area (TPSA) is 9.23 Å². The second-order valence-electron chi connectivity index (χ2n) is 2.07. The first-order valence-corrected chi connectivity index (χ1v) is 1.93. The van der Waals surface area contributed by atoms with E-state index in [-0.39, 0.29) is 11.0 Å². The average molecular weight is 122 g/mol. The Morgan fingerprint density at radius 2 is 1.29 bits per heavy atom. The SMILES string of the molecule is CO[N+](C)(C)C.[SiH4]. The molecule has 0 N–H and O–H groups in total. The lowest BCUT2D eigenvalue weighted by atomic mass is 10.9. The van der Waals surface area contributed by atoms with Crippen LogP contribution >= 0.6 is 0 Å². The quantitative estimate of drug-likeness (QED) is 0.241. The average Bonchev–Trinajstić information content (AvgIpc) is 1.35. The van der Waals surface area contributed by atoms with E-state index in [0.717, 1.165) is 0 Å². The second kappa shape index (κ2) is 3.18. The van der Waals surface area contributed by atoms with Gasteiger partial charge in [-0.15, -0.1) is 0 Å². The first kappa shape index (κ1) is 10.2. The maximum Gasteiger partial charge on any atom is 0.0981 e. The third kappa shape index (κ3) is 10.7. The summed E-state index contributed by atoms with van der Waals surface area (Å²) in [5.41, 5.74) is 0. The Morgan fingerprint density at radius 1 is 1.14 bits per heavy atom. The molecule has 0 spiro atoms. The summed E-state index contributed by atoms with van der Waals surface area (Å²) in [7, 11) is 7.56. The minimum absolute atomic E-state index is 0. The van der Waals surface area contributed by atoms with Crippen molar-refractivity contribution in [3.8, 4) is 0 Å². The van der Waals surface area contributed by atoms with E-state index in [0.29, 0.717) is 4.65 Å². The Morgan fingerprint density at radius 3 is 1.29 bits per heavy atom. The molecule has 0 amide bonds. The highest BCUT2D eigenvalue weighted by molar-refractivity contribution is 5.75. The van der Waals surface area contributed by atoms with Crippen molar-refractivity contribution in [2.24, 2.45) is 0 Å². The molecule has 0 aromatic heterocycles. The molecule has 0 aliphatic heterocycles. The van der Waals surface area contributed by atoms with Gasteiger partial charge in [-0.2, -0.15) is 4.65 Å². The fourth-order valence-corrected chi connectivity index (χ4v) is 0. The standard InChI is InChI=1S/C4H12NO.H4Si/c1-5(2,3)6-4;/h1-4H3;1H4/q+1;. The molecule has 2 nitrogen and oxygen atoms in total. The first-order valence-electron chi connectivity index (χ1n) is 1.93. The first-order chi connectivity index (χ1) is 2.56. The molecule has 0 saturated heterocycles. The van der Waals surface area contributed by atoms with Crippen LogP contribution in [-0.2, 0) is 4.84 Å². The van der Waals surface area contributed by atoms with Gasteiger partial charge in [0.2, 0.25) is 0 Å². The molecule has 0 aromatic rings. The summed E-state index contributed by atoms with van der Waals surface area (Å²) in [6.45, 7) is 0. The molecule has 0 aromatic carbocycles. The highest BCUT2D eigenvalue weighted by atomic mass is 28.1. The van der Waals surface area contributed by atoms with Gasteiger partial charge in [0.1, 0.15) is 0 Å².